The molecule has 0 aliphatic rings. The van der Waals surface area contributed by atoms with Gasteiger partial charge >= 0.3 is 0 Å². The molecule has 1 aromatic carbocycles. The second-order valence-corrected chi connectivity index (χ2v) is 3.23. The van der Waals surface area contributed by atoms with Gasteiger partial charge in [-0.1, -0.05) is 11.6 Å². The molecule has 0 atom stereocenters. The topological polar surface area (TPSA) is 119 Å². The second kappa shape index (κ2) is 5.12. The lowest BCUT2D eigenvalue weighted by Gasteiger charge is -2.04. The zero-order valence-corrected chi connectivity index (χ0v) is 8.92. The molecule has 0 spiro atoms. The number of hydrogen-bond acceptors (Lipinski definition) is 6. The van der Waals surface area contributed by atoms with Gasteiger partial charge in [-0.2, -0.15) is 0 Å². The zero-order chi connectivity index (χ0) is 13.0. The van der Waals surface area contributed by atoms with E-state index < -0.39 is 15.6 Å². The molecule has 0 aliphatic heterocycles. The Morgan fingerprint density at radius 1 is 1.35 bits per heavy atom. The Morgan fingerprint density at radius 2 is 2.00 bits per heavy atom. The number of non-ortho nitro benzene ring substituents is 1. The molecular formula is C8H6ClN3O5. The SMILES string of the molecule is O=[N+]([O-])C=CNc1cc([N+](=O)[O-])cc(Cl)c1O. The summed E-state index contributed by atoms with van der Waals surface area (Å²) < 4.78 is 0. The van der Waals surface area contributed by atoms with Gasteiger partial charge in [-0.05, 0) is 0 Å². The molecule has 0 unspecified atom stereocenters. The maximum Gasteiger partial charge on any atom is 0.273 e. The number of phenols is 1. The fourth-order valence-electron chi connectivity index (χ4n) is 0.988. The Balaban J connectivity index is 3.05. The number of benzene rings is 1. The molecule has 0 saturated carbocycles. The van der Waals surface area contributed by atoms with E-state index in [1.807, 2.05) is 0 Å². The van der Waals surface area contributed by atoms with Crippen molar-refractivity contribution in [3.63, 3.8) is 0 Å². The maximum absolute atomic E-state index is 10.5. The molecule has 90 valence electrons. The molecule has 0 aromatic heterocycles. The van der Waals surface area contributed by atoms with Crippen LogP contribution in [0.1, 0.15) is 0 Å². The molecule has 8 nitrogen and oxygen atoms in total. The number of rotatable bonds is 4. The van der Waals surface area contributed by atoms with Gasteiger partial charge in [0.15, 0.2) is 5.75 Å². The third kappa shape index (κ3) is 3.31. The van der Waals surface area contributed by atoms with Crippen LogP contribution >= 0.6 is 11.6 Å². The van der Waals surface area contributed by atoms with Crippen molar-refractivity contribution in [2.45, 2.75) is 0 Å². The van der Waals surface area contributed by atoms with Crippen LogP contribution in [0.2, 0.25) is 5.02 Å². The maximum atomic E-state index is 10.5. The molecule has 0 saturated heterocycles. The first-order valence-electron chi connectivity index (χ1n) is 4.15. The molecule has 0 bridgehead atoms. The molecule has 1 rings (SSSR count). The number of anilines is 1. The predicted octanol–water partition coefficient (Wildman–Crippen LogP) is 2.11. The highest BCUT2D eigenvalue weighted by Crippen LogP contribution is 2.35. The summed E-state index contributed by atoms with van der Waals surface area (Å²) in [5, 5.41) is 32.1. The van der Waals surface area contributed by atoms with E-state index in [1.54, 1.807) is 0 Å². The fraction of sp³-hybridized carbons (Fsp3) is 0. The zero-order valence-electron chi connectivity index (χ0n) is 8.16. The fourth-order valence-corrected chi connectivity index (χ4v) is 1.20. The van der Waals surface area contributed by atoms with Crippen LogP contribution in [0.25, 0.3) is 0 Å². The lowest BCUT2D eigenvalue weighted by Crippen LogP contribution is -1.94. The standard InChI is InChI=1S/C8H6ClN3O5/c9-6-3-5(12(16)17)4-7(8(6)13)10-1-2-11(14)15/h1-4,10,13H. The molecule has 9 heteroatoms. The highest BCUT2D eigenvalue weighted by molar-refractivity contribution is 6.32. The monoisotopic (exact) mass is 259 g/mol. The molecule has 2 N–H and O–H groups in total. The lowest BCUT2D eigenvalue weighted by atomic mass is 10.2. The summed E-state index contributed by atoms with van der Waals surface area (Å²) in [4.78, 5) is 19.1. The number of nitrogens with one attached hydrogen (secondary N) is 1. The van der Waals surface area contributed by atoms with Crippen LogP contribution in [0, 0.1) is 20.2 Å². The number of nitrogens with zero attached hydrogens (tertiary/aromatic N) is 2. The van der Waals surface area contributed by atoms with Crippen molar-refractivity contribution in [2.75, 3.05) is 5.32 Å². The molecular weight excluding hydrogens is 254 g/mol. The first-order valence-corrected chi connectivity index (χ1v) is 4.53. The Labute approximate surface area is 99.4 Å². The van der Waals surface area contributed by atoms with Crippen LogP contribution in [0.5, 0.6) is 5.75 Å². The Morgan fingerprint density at radius 3 is 2.53 bits per heavy atom. The van der Waals surface area contributed by atoms with Crippen LogP contribution in [-0.2, 0) is 0 Å². The Kier molecular flexibility index (Phi) is 3.83. The second-order valence-electron chi connectivity index (χ2n) is 2.83. The number of aromatic hydroxyl groups is 1. The largest absolute Gasteiger partial charge is 0.504 e. The molecule has 0 aliphatic carbocycles. The molecule has 0 fully saturated rings. The number of phenolic OH excluding ortho intramolecular Hbond substituents is 1. The van der Waals surface area contributed by atoms with E-state index >= 15 is 0 Å². The van der Waals surface area contributed by atoms with E-state index in [1.165, 1.54) is 0 Å². The van der Waals surface area contributed by atoms with Gasteiger partial charge in [0.1, 0.15) is 0 Å². The minimum atomic E-state index is -0.733. The van der Waals surface area contributed by atoms with Gasteiger partial charge in [0.25, 0.3) is 5.69 Å². The molecule has 0 radical (unpaired) electrons. The highest BCUT2D eigenvalue weighted by atomic mass is 35.5. The van der Waals surface area contributed by atoms with Crippen LogP contribution in [0.15, 0.2) is 24.5 Å². The minimum absolute atomic E-state index is 0.0951. The van der Waals surface area contributed by atoms with Gasteiger partial charge in [0, 0.05) is 12.1 Å². The summed E-state index contributed by atoms with van der Waals surface area (Å²) in [5.74, 6) is -0.426. The van der Waals surface area contributed by atoms with Gasteiger partial charge < -0.3 is 10.4 Å². The van der Waals surface area contributed by atoms with Crippen molar-refractivity contribution < 1.29 is 15.0 Å². The van der Waals surface area contributed by atoms with Crippen molar-refractivity contribution in [1.82, 2.24) is 0 Å². The van der Waals surface area contributed by atoms with Gasteiger partial charge in [0.05, 0.1) is 26.8 Å². The van der Waals surface area contributed by atoms with Crippen LogP contribution in [-0.4, -0.2) is 15.0 Å². The van der Waals surface area contributed by atoms with Crippen molar-refractivity contribution in [3.8, 4) is 5.75 Å². The minimum Gasteiger partial charge on any atom is -0.504 e. The van der Waals surface area contributed by atoms with E-state index in [4.69, 9.17) is 11.6 Å². The van der Waals surface area contributed by atoms with E-state index in [9.17, 15) is 25.3 Å². The van der Waals surface area contributed by atoms with Gasteiger partial charge in [-0.3, -0.25) is 20.2 Å². The van der Waals surface area contributed by atoms with Gasteiger partial charge in [0.2, 0.25) is 6.20 Å². The summed E-state index contributed by atoms with van der Waals surface area (Å²) in [7, 11) is 0. The van der Waals surface area contributed by atoms with E-state index in [2.05, 4.69) is 5.32 Å². The van der Waals surface area contributed by atoms with E-state index in [0.29, 0.717) is 6.20 Å². The van der Waals surface area contributed by atoms with Gasteiger partial charge in [-0.15, -0.1) is 0 Å². The third-order valence-corrected chi connectivity index (χ3v) is 1.98. The van der Waals surface area contributed by atoms with Crippen LogP contribution < -0.4 is 5.32 Å². The van der Waals surface area contributed by atoms with E-state index in [0.717, 1.165) is 18.3 Å². The Hall–Kier alpha value is -2.35. The Bertz CT molecular complexity index is 502. The summed E-state index contributed by atoms with van der Waals surface area (Å²) in [5.41, 5.74) is -0.438. The summed E-state index contributed by atoms with van der Waals surface area (Å²) in [6, 6.07) is 1.98. The smallest absolute Gasteiger partial charge is 0.273 e. The van der Waals surface area contributed by atoms with Crippen molar-refractivity contribution in [3.05, 3.63) is 49.8 Å². The number of halogens is 1. The van der Waals surface area contributed by atoms with E-state index in [-0.39, 0.29) is 16.4 Å². The quantitative estimate of drug-likeness (QED) is 0.485. The first-order chi connectivity index (χ1) is 7.91. The number of nitro benzene ring substituents is 1. The van der Waals surface area contributed by atoms with Crippen molar-refractivity contribution in [1.29, 1.82) is 0 Å². The normalized spacial score (nSPS) is 10.4. The average Bonchev–Trinajstić information content (AvgIpc) is 2.23. The summed E-state index contributed by atoms with van der Waals surface area (Å²) in [6.07, 6.45) is 1.49. The third-order valence-electron chi connectivity index (χ3n) is 1.69. The number of nitro groups is 2. The number of hydrogen-bond donors (Lipinski definition) is 2. The summed E-state index contributed by atoms with van der Waals surface area (Å²) >= 11 is 5.55. The highest BCUT2D eigenvalue weighted by Gasteiger charge is 2.14. The van der Waals surface area contributed by atoms with Crippen LogP contribution in [0.3, 0.4) is 0 Å². The predicted molar refractivity (Wildman–Crippen MR) is 59.5 cm³/mol. The first kappa shape index (κ1) is 12.7. The molecule has 17 heavy (non-hydrogen) atoms. The molecule has 0 heterocycles. The van der Waals surface area contributed by atoms with Crippen molar-refractivity contribution >= 4 is 23.0 Å². The van der Waals surface area contributed by atoms with Gasteiger partial charge in [-0.25, -0.2) is 0 Å². The molecule has 1 aromatic rings. The summed E-state index contributed by atoms with van der Waals surface area (Å²) in [6.45, 7) is 0. The average molecular weight is 260 g/mol. The lowest BCUT2D eigenvalue weighted by molar-refractivity contribution is -0.402. The van der Waals surface area contributed by atoms with Crippen molar-refractivity contribution in [2.24, 2.45) is 0 Å². The van der Waals surface area contributed by atoms with Crippen LogP contribution in [0.4, 0.5) is 11.4 Å². The molecule has 0 amide bonds.